The second-order valence-corrected chi connectivity index (χ2v) is 6.62. The molecule has 1 heterocycles. The Bertz CT molecular complexity index is 780. The fraction of sp³-hybridized carbons (Fsp3) is 0.389. The summed E-state index contributed by atoms with van der Waals surface area (Å²) in [6.07, 6.45) is -0.765. The molecule has 1 aromatic heterocycles. The zero-order valence-corrected chi connectivity index (χ0v) is 16.0. The number of nitrogens with zero attached hydrogens (tertiary/aromatic N) is 2. The summed E-state index contributed by atoms with van der Waals surface area (Å²) in [5.41, 5.74) is 2.54. The van der Waals surface area contributed by atoms with Gasteiger partial charge in [-0.05, 0) is 31.2 Å². The average molecular weight is 376 g/mol. The number of urea groups is 1. The fourth-order valence-electron chi connectivity index (χ4n) is 2.07. The van der Waals surface area contributed by atoms with E-state index in [0.717, 1.165) is 5.01 Å². The highest BCUT2D eigenvalue weighted by atomic mass is 16.6. The van der Waals surface area contributed by atoms with Crippen molar-refractivity contribution in [1.82, 2.24) is 10.6 Å². The minimum absolute atomic E-state index is 0.169. The Labute approximate surface area is 157 Å². The maximum absolute atomic E-state index is 12.7. The molecule has 0 fully saturated rings. The number of methoxy groups -OCH3 is 1. The molecule has 9 heteroatoms. The van der Waals surface area contributed by atoms with Crippen LogP contribution in [0.2, 0.25) is 0 Å². The van der Waals surface area contributed by atoms with Gasteiger partial charge in [0.2, 0.25) is 0 Å². The number of amides is 3. The van der Waals surface area contributed by atoms with Crippen LogP contribution >= 0.6 is 0 Å². The molecule has 0 saturated heterocycles. The van der Waals surface area contributed by atoms with E-state index in [2.05, 4.69) is 15.9 Å². The minimum Gasteiger partial charge on any atom is -0.497 e. The van der Waals surface area contributed by atoms with Crippen molar-refractivity contribution >= 4 is 23.6 Å². The third kappa shape index (κ3) is 5.37. The predicted octanol–water partition coefficient (Wildman–Crippen LogP) is 3.68. The first kappa shape index (κ1) is 20.1. The van der Waals surface area contributed by atoms with Gasteiger partial charge in [-0.2, -0.15) is 5.01 Å². The Morgan fingerprint density at radius 1 is 1.22 bits per heavy atom. The first-order valence-electron chi connectivity index (χ1n) is 8.40. The Morgan fingerprint density at radius 2 is 1.89 bits per heavy atom. The molecule has 0 spiro atoms. The second kappa shape index (κ2) is 8.43. The van der Waals surface area contributed by atoms with E-state index < -0.39 is 12.1 Å². The molecule has 2 N–H and O–H groups in total. The number of hydrazine groups is 1. The summed E-state index contributed by atoms with van der Waals surface area (Å²) in [5.74, 6) is 1.46. The van der Waals surface area contributed by atoms with E-state index in [-0.39, 0.29) is 17.8 Å². The van der Waals surface area contributed by atoms with Gasteiger partial charge in [-0.15, -0.1) is 0 Å². The van der Waals surface area contributed by atoms with Crippen molar-refractivity contribution in [3.8, 4) is 5.75 Å². The summed E-state index contributed by atoms with van der Waals surface area (Å²) in [7, 11) is 1.54. The van der Waals surface area contributed by atoms with Crippen LogP contribution in [0.15, 0.2) is 34.9 Å². The van der Waals surface area contributed by atoms with Crippen molar-refractivity contribution in [2.24, 2.45) is 0 Å². The summed E-state index contributed by atoms with van der Waals surface area (Å²) in [4.78, 5) is 24.5. The summed E-state index contributed by atoms with van der Waals surface area (Å²) < 4.78 is 15.2. The van der Waals surface area contributed by atoms with Crippen LogP contribution < -0.4 is 20.5 Å². The largest absolute Gasteiger partial charge is 0.497 e. The number of benzene rings is 1. The van der Waals surface area contributed by atoms with E-state index >= 15 is 0 Å². The lowest BCUT2D eigenvalue weighted by molar-refractivity contribution is 0.151. The molecule has 2 rings (SSSR count). The molecule has 0 aliphatic carbocycles. The zero-order chi connectivity index (χ0) is 20.0. The van der Waals surface area contributed by atoms with Crippen LogP contribution in [0.25, 0.3) is 0 Å². The Balaban J connectivity index is 2.21. The predicted molar refractivity (Wildman–Crippen MR) is 99.9 cm³/mol. The van der Waals surface area contributed by atoms with Crippen LogP contribution in [0.4, 0.5) is 21.1 Å². The number of hydrogen-bond donors (Lipinski definition) is 2. The van der Waals surface area contributed by atoms with Gasteiger partial charge in [0.25, 0.3) is 0 Å². The van der Waals surface area contributed by atoms with Gasteiger partial charge >= 0.3 is 12.1 Å². The lowest BCUT2D eigenvalue weighted by Gasteiger charge is -2.22. The quantitative estimate of drug-likeness (QED) is 0.789. The monoisotopic (exact) mass is 376 g/mol. The van der Waals surface area contributed by atoms with Crippen LogP contribution in [0.3, 0.4) is 0 Å². The van der Waals surface area contributed by atoms with E-state index in [0.29, 0.717) is 17.2 Å². The summed E-state index contributed by atoms with van der Waals surface area (Å²) in [5, 5.41) is 7.45. The minimum atomic E-state index is -0.765. The van der Waals surface area contributed by atoms with Gasteiger partial charge in [0.15, 0.2) is 5.82 Å². The zero-order valence-electron chi connectivity index (χ0n) is 16.0. The molecule has 0 saturated carbocycles. The van der Waals surface area contributed by atoms with E-state index in [9.17, 15) is 9.59 Å². The standard InChI is InChI=1S/C18H24N4O5/c1-6-26-17(24)20-22(12-7-9-13(25-5)10-8-12)16(23)19-15-11-14(27-21-15)18(2,3)4/h7-11H,6H2,1-5H3,(H,20,24)(H,19,21,23). The van der Waals surface area contributed by atoms with Gasteiger partial charge in [-0.3, -0.25) is 5.32 Å². The van der Waals surface area contributed by atoms with Crippen molar-refractivity contribution in [1.29, 1.82) is 0 Å². The molecular formula is C18H24N4O5. The van der Waals surface area contributed by atoms with Gasteiger partial charge in [0, 0.05) is 11.5 Å². The van der Waals surface area contributed by atoms with Crippen LogP contribution in [0, 0.1) is 0 Å². The van der Waals surface area contributed by atoms with Gasteiger partial charge < -0.3 is 14.0 Å². The van der Waals surface area contributed by atoms with Crippen LogP contribution in [0.1, 0.15) is 33.5 Å². The number of anilines is 2. The summed E-state index contributed by atoms with van der Waals surface area (Å²) in [6.45, 7) is 7.73. The molecule has 0 aliphatic rings. The van der Waals surface area contributed by atoms with Crippen molar-refractivity contribution in [2.45, 2.75) is 33.1 Å². The van der Waals surface area contributed by atoms with E-state index in [1.54, 1.807) is 37.3 Å². The number of carbonyl (C=O) groups excluding carboxylic acids is 2. The van der Waals surface area contributed by atoms with Gasteiger partial charge in [-0.25, -0.2) is 15.0 Å². The number of hydrogen-bond acceptors (Lipinski definition) is 6. The molecule has 0 atom stereocenters. The first-order valence-corrected chi connectivity index (χ1v) is 8.40. The van der Waals surface area contributed by atoms with Crippen LogP contribution in [-0.2, 0) is 10.2 Å². The molecule has 0 aliphatic heterocycles. The van der Waals surface area contributed by atoms with E-state index in [1.165, 1.54) is 7.11 Å². The molecular weight excluding hydrogens is 352 g/mol. The molecule has 1 aromatic carbocycles. The molecule has 146 valence electrons. The molecule has 27 heavy (non-hydrogen) atoms. The topological polar surface area (TPSA) is 106 Å². The highest BCUT2D eigenvalue weighted by Gasteiger charge is 2.23. The normalized spacial score (nSPS) is 10.9. The molecule has 0 bridgehead atoms. The van der Waals surface area contributed by atoms with Gasteiger partial charge in [0.05, 0.1) is 19.4 Å². The number of ether oxygens (including phenoxy) is 2. The summed E-state index contributed by atoms with van der Waals surface area (Å²) >= 11 is 0. The second-order valence-electron chi connectivity index (χ2n) is 6.62. The van der Waals surface area contributed by atoms with Gasteiger partial charge in [-0.1, -0.05) is 25.9 Å². The number of nitrogens with one attached hydrogen (secondary N) is 2. The number of aromatic nitrogens is 1. The van der Waals surface area contributed by atoms with Crippen molar-refractivity contribution in [3.05, 3.63) is 36.1 Å². The Morgan fingerprint density at radius 3 is 2.41 bits per heavy atom. The van der Waals surface area contributed by atoms with E-state index in [4.69, 9.17) is 14.0 Å². The Kier molecular flexibility index (Phi) is 6.27. The first-order chi connectivity index (χ1) is 12.7. The van der Waals surface area contributed by atoms with Crippen molar-refractivity contribution in [2.75, 3.05) is 24.0 Å². The number of rotatable bonds is 4. The maximum atomic E-state index is 12.7. The van der Waals surface area contributed by atoms with Crippen LogP contribution in [-0.4, -0.2) is 31.0 Å². The lowest BCUT2D eigenvalue weighted by atomic mass is 9.93. The maximum Gasteiger partial charge on any atom is 0.426 e. The number of carbonyl (C=O) groups is 2. The molecule has 2 aromatic rings. The van der Waals surface area contributed by atoms with E-state index in [1.807, 2.05) is 20.8 Å². The third-order valence-corrected chi connectivity index (χ3v) is 3.50. The molecule has 3 amide bonds. The Hall–Kier alpha value is -3.23. The van der Waals surface area contributed by atoms with Crippen LogP contribution in [0.5, 0.6) is 5.75 Å². The van der Waals surface area contributed by atoms with Crippen molar-refractivity contribution in [3.63, 3.8) is 0 Å². The fourth-order valence-corrected chi connectivity index (χ4v) is 2.07. The van der Waals surface area contributed by atoms with Crippen molar-refractivity contribution < 1.29 is 23.6 Å². The molecule has 9 nitrogen and oxygen atoms in total. The smallest absolute Gasteiger partial charge is 0.426 e. The average Bonchev–Trinajstić information content (AvgIpc) is 3.09. The molecule has 0 unspecified atom stereocenters. The summed E-state index contributed by atoms with van der Waals surface area (Å²) in [6, 6.07) is 7.56. The highest BCUT2D eigenvalue weighted by Crippen LogP contribution is 2.25. The highest BCUT2D eigenvalue weighted by molar-refractivity contribution is 6.02. The van der Waals surface area contributed by atoms with Gasteiger partial charge in [0.1, 0.15) is 11.5 Å². The SMILES string of the molecule is CCOC(=O)NN(C(=O)Nc1cc(C(C)(C)C)on1)c1ccc(OC)cc1. The lowest BCUT2D eigenvalue weighted by Crippen LogP contribution is -2.48. The molecule has 0 radical (unpaired) electrons. The third-order valence-electron chi connectivity index (χ3n) is 3.50.